The first-order valence-electron chi connectivity index (χ1n) is 7.93. The lowest BCUT2D eigenvalue weighted by molar-refractivity contribution is -0.0122. The molecular weight excluding hydrogens is 266 g/mol. The van der Waals surface area contributed by atoms with Gasteiger partial charge in [0.05, 0.1) is 19.3 Å². The third-order valence-electron chi connectivity index (χ3n) is 4.16. The van der Waals surface area contributed by atoms with E-state index in [1.807, 2.05) is 12.4 Å². The number of hydrogen-bond acceptors (Lipinski definition) is 5. The van der Waals surface area contributed by atoms with E-state index in [2.05, 4.69) is 26.9 Å². The fraction of sp³-hybridized carbons (Fsp3) is 0.688. The topological polar surface area (TPSA) is 37.8 Å². The van der Waals surface area contributed by atoms with Crippen LogP contribution >= 0.6 is 0 Å². The molecule has 1 aromatic rings. The molecule has 2 aliphatic rings. The summed E-state index contributed by atoms with van der Waals surface area (Å²) in [6, 6.07) is 4.20. The van der Waals surface area contributed by atoms with Gasteiger partial charge in [-0.15, -0.1) is 0 Å². The summed E-state index contributed by atoms with van der Waals surface area (Å²) in [4.78, 5) is 9.06. The van der Waals surface area contributed by atoms with Gasteiger partial charge in [-0.1, -0.05) is 0 Å². The van der Waals surface area contributed by atoms with Gasteiger partial charge in [0.1, 0.15) is 0 Å². The number of nitrogens with zero attached hydrogens (tertiary/aromatic N) is 3. The van der Waals surface area contributed by atoms with Crippen molar-refractivity contribution in [3.63, 3.8) is 0 Å². The van der Waals surface area contributed by atoms with Crippen molar-refractivity contribution in [2.24, 2.45) is 0 Å². The summed E-state index contributed by atoms with van der Waals surface area (Å²) in [7, 11) is 0. The molecule has 2 aliphatic heterocycles. The molecule has 116 valence electrons. The SMILES string of the molecule is c1cc(CN2CCCOC(CN3CCOCC3)C2)ccn1. The summed E-state index contributed by atoms with van der Waals surface area (Å²) in [5.41, 5.74) is 1.33. The molecule has 21 heavy (non-hydrogen) atoms. The van der Waals surface area contributed by atoms with Crippen LogP contribution in [0.4, 0.5) is 0 Å². The van der Waals surface area contributed by atoms with E-state index >= 15 is 0 Å². The Bertz CT molecular complexity index is 409. The van der Waals surface area contributed by atoms with Crippen molar-refractivity contribution in [2.45, 2.75) is 19.1 Å². The lowest BCUT2D eigenvalue weighted by atomic mass is 10.2. The maximum Gasteiger partial charge on any atom is 0.0828 e. The van der Waals surface area contributed by atoms with Gasteiger partial charge in [0.25, 0.3) is 0 Å². The average Bonchev–Trinajstić information content (AvgIpc) is 2.74. The first kappa shape index (κ1) is 14.9. The van der Waals surface area contributed by atoms with Crippen LogP contribution in [0.5, 0.6) is 0 Å². The third-order valence-corrected chi connectivity index (χ3v) is 4.16. The predicted octanol–water partition coefficient (Wildman–Crippen LogP) is 1.00. The highest BCUT2D eigenvalue weighted by molar-refractivity contribution is 5.09. The summed E-state index contributed by atoms with van der Waals surface area (Å²) in [5.74, 6) is 0. The zero-order chi connectivity index (χ0) is 14.3. The zero-order valence-corrected chi connectivity index (χ0v) is 12.6. The molecular formula is C16H25N3O2. The predicted molar refractivity (Wildman–Crippen MR) is 81.1 cm³/mol. The fourth-order valence-corrected chi connectivity index (χ4v) is 3.04. The lowest BCUT2D eigenvalue weighted by Crippen LogP contribution is -2.44. The molecule has 0 N–H and O–H groups in total. The van der Waals surface area contributed by atoms with E-state index in [9.17, 15) is 0 Å². The molecule has 0 bridgehead atoms. The molecule has 5 nitrogen and oxygen atoms in total. The van der Waals surface area contributed by atoms with Crippen molar-refractivity contribution in [3.05, 3.63) is 30.1 Å². The summed E-state index contributed by atoms with van der Waals surface area (Å²) >= 11 is 0. The van der Waals surface area contributed by atoms with Crippen molar-refractivity contribution in [3.8, 4) is 0 Å². The van der Waals surface area contributed by atoms with Gasteiger partial charge in [-0.3, -0.25) is 14.8 Å². The molecule has 1 aromatic heterocycles. The molecule has 3 rings (SSSR count). The van der Waals surface area contributed by atoms with Crippen LogP contribution in [0, 0.1) is 0 Å². The van der Waals surface area contributed by atoms with Gasteiger partial charge >= 0.3 is 0 Å². The van der Waals surface area contributed by atoms with Crippen LogP contribution in [0.15, 0.2) is 24.5 Å². The van der Waals surface area contributed by atoms with Crippen molar-refractivity contribution >= 4 is 0 Å². The van der Waals surface area contributed by atoms with Crippen LogP contribution in [0.25, 0.3) is 0 Å². The molecule has 1 unspecified atom stereocenters. The molecule has 2 fully saturated rings. The Labute approximate surface area is 126 Å². The molecule has 0 saturated carbocycles. The van der Waals surface area contributed by atoms with Crippen molar-refractivity contribution in [2.75, 3.05) is 52.5 Å². The minimum atomic E-state index is 0.312. The quantitative estimate of drug-likeness (QED) is 0.827. The van der Waals surface area contributed by atoms with E-state index in [-0.39, 0.29) is 0 Å². The minimum Gasteiger partial charge on any atom is -0.379 e. The largest absolute Gasteiger partial charge is 0.379 e. The third kappa shape index (κ3) is 4.74. The molecule has 3 heterocycles. The van der Waals surface area contributed by atoms with Crippen molar-refractivity contribution < 1.29 is 9.47 Å². The van der Waals surface area contributed by atoms with Crippen LogP contribution in [-0.2, 0) is 16.0 Å². The van der Waals surface area contributed by atoms with Gasteiger partial charge in [0, 0.05) is 58.3 Å². The Morgan fingerprint density at radius 1 is 1.05 bits per heavy atom. The molecule has 0 radical (unpaired) electrons. The number of morpholine rings is 1. The summed E-state index contributed by atoms with van der Waals surface area (Å²) < 4.78 is 11.5. The van der Waals surface area contributed by atoms with E-state index < -0.39 is 0 Å². The van der Waals surface area contributed by atoms with Crippen molar-refractivity contribution in [1.82, 2.24) is 14.8 Å². The van der Waals surface area contributed by atoms with E-state index in [1.54, 1.807) is 0 Å². The molecule has 0 spiro atoms. The van der Waals surface area contributed by atoms with E-state index in [4.69, 9.17) is 9.47 Å². The maximum absolute atomic E-state index is 6.04. The first-order chi connectivity index (χ1) is 10.4. The summed E-state index contributed by atoms with van der Waals surface area (Å²) in [6.07, 6.45) is 5.17. The molecule has 0 aliphatic carbocycles. The molecule has 2 saturated heterocycles. The Morgan fingerprint density at radius 3 is 2.67 bits per heavy atom. The van der Waals surface area contributed by atoms with Crippen LogP contribution in [0.2, 0.25) is 0 Å². The Kier molecular flexibility index (Phi) is 5.57. The van der Waals surface area contributed by atoms with E-state index in [0.717, 1.165) is 65.5 Å². The second kappa shape index (κ2) is 7.84. The Morgan fingerprint density at radius 2 is 1.86 bits per heavy atom. The summed E-state index contributed by atoms with van der Waals surface area (Å²) in [5, 5.41) is 0. The van der Waals surface area contributed by atoms with Crippen molar-refractivity contribution in [1.29, 1.82) is 0 Å². The van der Waals surface area contributed by atoms with Crippen LogP contribution in [0.3, 0.4) is 0 Å². The molecule has 1 atom stereocenters. The van der Waals surface area contributed by atoms with Gasteiger partial charge in [-0.2, -0.15) is 0 Å². The van der Waals surface area contributed by atoms with Crippen LogP contribution in [-0.4, -0.2) is 73.4 Å². The minimum absolute atomic E-state index is 0.312. The van der Waals surface area contributed by atoms with Gasteiger partial charge in [0.15, 0.2) is 0 Å². The van der Waals surface area contributed by atoms with Gasteiger partial charge in [-0.25, -0.2) is 0 Å². The standard InChI is InChI=1S/C16H25N3O2/c1-6-19(12-15-2-4-17-5-3-15)14-16(21-9-1)13-18-7-10-20-11-8-18/h2-5,16H,1,6-14H2. The van der Waals surface area contributed by atoms with Gasteiger partial charge in [0.2, 0.25) is 0 Å². The fourth-order valence-electron chi connectivity index (χ4n) is 3.04. The number of pyridine rings is 1. The highest BCUT2D eigenvalue weighted by atomic mass is 16.5. The van der Waals surface area contributed by atoms with Gasteiger partial charge < -0.3 is 9.47 Å². The second-order valence-corrected chi connectivity index (χ2v) is 5.85. The molecule has 0 amide bonds. The first-order valence-corrected chi connectivity index (χ1v) is 7.93. The maximum atomic E-state index is 6.04. The zero-order valence-electron chi connectivity index (χ0n) is 12.6. The van der Waals surface area contributed by atoms with Crippen LogP contribution < -0.4 is 0 Å². The lowest BCUT2D eigenvalue weighted by Gasteiger charge is -2.31. The number of aromatic nitrogens is 1. The van der Waals surface area contributed by atoms with Crippen LogP contribution in [0.1, 0.15) is 12.0 Å². The number of rotatable bonds is 4. The smallest absolute Gasteiger partial charge is 0.0828 e. The van der Waals surface area contributed by atoms with E-state index in [0.29, 0.717) is 6.10 Å². The monoisotopic (exact) mass is 291 g/mol. The Balaban J connectivity index is 1.53. The summed E-state index contributed by atoms with van der Waals surface area (Å²) in [6.45, 7) is 8.79. The van der Waals surface area contributed by atoms with Gasteiger partial charge in [-0.05, 0) is 24.1 Å². The van der Waals surface area contributed by atoms with E-state index in [1.165, 1.54) is 5.56 Å². The molecule has 0 aromatic carbocycles. The highest BCUT2D eigenvalue weighted by Gasteiger charge is 2.22. The normalized spacial score (nSPS) is 25.6. The molecule has 5 heteroatoms. The Hall–Kier alpha value is -1.01. The number of ether oxygens (including phenoxy) is 2. The number of hydrogen-bond donors (Lipinski definition) is 0. The average molecular weight is 291 g/mol. The highest BCUT2D eigenvalue weighted by Crippen LogP contribution is 2.12. The second-order valence-electron chi connectivity index (χ2n) is 5.85.